The molecule has 0 spiro atoms. The minimum absolute atomic E-state index is 0.00419. The largest absolute Gasteiger partial charge is 0.478 e. The van der Waals surface area contributed by atoms with Gasteiger partial charge in [0.1, 0.15) is 18.6 Å². The standard InChI is InChI=1S/C12H14N2O5/c1-2-13-5-11(16)14(6-10(13)15)4-9-3-8(7-19-9)12(17)18/h3,7H,2,4-6H2,1H3,(H,17,18). The molecule has 1 N–H and O–H groups in total. The molecule has 0 radical (unpaired) electrons. The molecule has 7 heteroatoms. The number of likely N-dealkylation sites (N-methyl/N-ethyl adjacent to an activating group) is 1. The fourth-order valence-electron chi connectivity index (χ4n) is 1.90. The van der Waals surface area contributed by atoms with Crippen molar-refractivity contribution in [3.63, 3.8) is 0 Å². The van der Waals surface area contributed by atoms with E-state index in [9.17, 15) is 14.4 Å². The third-order valence-electron chi connectivity index (χ3n) is 2.99. The zero-order chi connectivity index (χ0) is 14.0. The molecular formula is C12H14N2O5. The van der Waals surface area contributed by atoms with Crippen LogP contribution in [0.1, 0.15) is 23.0 Å². The van der Waals surface area contributed by atoms with E-state index in [2.05, 4.69) is 0 Å². The highest BCUT2D eigenvalue weighted by molar-refractivity contribution is 5.92. The van der Waals surface area contributed by atoms with Crippen LogP contribution in [-0.4, -0.2) is 52.3 Å². The Balaban J connectivity index is 2.04. The van der Waals surface area contributed by atoms with Crippen molar-refractivity contribution >= 4 is 17.8 Å². The molecule has 1 aliphatic rings. The van der Waals surface area contributed by atoms with Gasteiger partial charge in [-0.05, 0) is 13.0 Å². The van der Waals surface area contributed by atoms with E-state index in [1.165, 1.54) is 15.9 Å². The minimum Gasteiger partial charge on any atom is -0.478 e. The maximum absolute atomic E-state index is 11.8. The van der Waals surface area contributed by atoms with Crippen molar-refractivity contribution in [3.8, 4) is 0 Å². The zero-order valence-electron chi connectivity index (χ0n) is 10.5. The Morgan fingerprint density at radius 1 is 1.32 bits per heavy atom. The Morgan fingerprint density at radius 2 is 1.95 bits per heavy atom. The first-order valence-corrected chi connectivity index (χ1v) is 5.87. The van der Waals surface area contributed by atoms with Crippen LogP contribution in [0.15, 0.2) is 16.7 Å². The quantitative estimate of drug-likeness (QED) is 0.838. The van der Waals surface area contributed by atoms with Crippen molar-refractivity contribution in [3.05, 3.63) is 23.7 Å². The maximum atomic E-state index is 11.8. The van der Waals surface area contributed by atoms with Crippen molar-refractivity contribution in [2.45, 2.75) is 13.5 Å². The Bertz CT molecular complexity index is 522. The number of carbonyl (C=O) groups excluding carboxylic acids is 2. The summed E-state index contributed by atoms with van der Waals surface area (Å²) >= 11 is 0. The zero-order valence-corrected chi connectivity index (χ0v) is 10.5. The van der Waals surface area contributed by atoms with Gasteiger partial charge in [-0.15, -0.1) is 0 Å². The van der Waals surface area contributed by atoms with E-state index in [0.29, 0.717) is 12.3 Å². The van der Waals surface area contributed by atoms with Gasteiger partial charge in [-0.25, -0.2) is 4.79 Å². The average molecular weight is 266 g/mol. The fourth-order valence-corrected chi connectivity index (χ4v) is 1.90. The highest BCUT2D eigenvalue weighted by atomic mass is 16.4. The van der Waals surface area contributed by atoms with E-state index in [1.807, 2.05) is 6.92 Å². The minimum atomic E-state index is -1.09. The number of nitrogens with zero attached hydrogens (tertiary/aromatic N) is 2. The molecule has 1 aromatic heterocycles. The number of aromatic carboxylic acids is 1. The van der Waals surface area contributed by atoms with Gasteiger partial charge in [0.15, 0.2) is 0 Å². The molecule has 1 aromatic rings. The lowest BCUT2D eigenvalue weighted by Crippen LogP contribution is -2.53. The molecule has 0 aromatic carbocycles. The molecule has 0 atom stereocenters. The maximum Gasteiger partial charge on any atom is 0.338 e. The second-order valence-corrected chi connectivity index (χ2v) is 4.26. The van der Waals surface area contributed by atoms with Gasteiger partial charge in [-0.3, -0.25) is 9.59 Å². The summed E-state index contributed by atoms with van der Waals surface area (Å²) in [6.07, 6.45) is 1.12. The number of furan rings is 1. The summed E-state index contributed by atoms with van der Waals surface area (Å²) < 4.78 is 5.07. The van der Waals surface area contributed by atoms with Crippen molar-refractivity contribution in [1.29, 1.82) is 0 Å². The first kappa shape index (κ1) is 13.1. The summed E-state index contributed by atoms with van der Waals surface area (Å²) in [6.45, 7) is 2.47. The molecule has 0 aliphatic carbocycles. The Labute approximate surface area is 109 Å². The van der Waals surface area contributed by atoms with E-state index in [-0.39, 0.29) is 37.0 Å². The molecule has 2 rings (SSSR count). The summed E-state index contributed by atoms with van der Waals surface area (Å²) in [4.78, 5) is 37.1. The van der Waals surface area contributed by atoms with Crippen molar-refractivity contribution < 1.29 is 23.9 Å². The van der Waals surface area contributed by atoms with E-state index in [1.54, 1.807) is 0 Å². The van der Waals surface area contributed by atoms with Crippen molar-refractivity contribution in [2.24, 2.45) is 0 Å². The Morgan fingerprint density at radius 3 is 2.53 bits per heavy atom. The van der Waals surface area contributed by atoms with Gasteiger partial charge in [0.2, 0.25) is 11.8 Å². The monoisotopic (exact) mass is 266 g/mol. The van der Waals surface area contributed by atoms with Gasteiger partial charge in [-0.1, -0.05) is 0 Å². The lowest BCUT2D eigenvalue weighted by molar-refractivity contribution is -0.150. The van der Waals surface area contributed by atoms with Gasteiger partial charge in [0.05, 0.1) is 18.7 Å². The number of piperazine rings is 1. The smallest absolute Gasteiger partial charge is 0.338 e. The predicted octanol–water partition coefficient (Wildman–Crippen LogP) is 0.168. The molecule has 19 heavy (non-hydrogen) atoms. The van der Waals surface area contributed by atoms with Gasteiger partial charge in [0, 0.05) is 6.54 Å². The molecule has 2 amide bonds. The van der Waals surface area contributed by atoms with E-state index < -0.39 is 5.97 Å². The first-order valence-electron chi connectivity index (χ1n) is 5.87. The van der Waals surface area contributed by atoms with Crippen molar-refractivity contribution in [1.82, 2.24) is 9.80 Å². The first-order chi connectivity index (χ1) is 9.01. The molecule has 1 aliphatic heterocycles. The fraction of sp³-hybridized carbons (Fsp3) is 0.417. The average Bonchev–Trinajstić information content (AvgIpc) is 2.82. The normalized spacial score (nSPS) is 16.1. The number of carboxylic acid groups (broad SMARTS) is 1. The summed E-state index contributed by atoms with van der Waals surface area (Å²) in [5, 5.41) is 8.76. The number of rotatable bonds is 4. The van der Waals surface area contributed by atoms with Crippen LogP contribution in [0, 0.1) is 0 Å². The summed E-state index contributed by atoms with van der Waals surface area (Å²) in [7, 11) is 0. The molecular weight excluding hydrogens is 252 g/mol. The van der Waals surface area contributed by atoms with Crippen LogP contribution in [0.4, 0.5) is 0 Å². The van der Waals surface area contributed by atoms with Gasteiger partial charge < -0.3 is 19.3 Å². The second kappa shape index (κ2) is 5.13. The molecule has 7 nitrogen and oxygen atoms in total. The van der Waals surface area contributed by atoms with E-state index in [4.69, 9.17) is 9.52 Å². The predicted molar refractivity (Wildman–Crippen MR) is 63.3 cm³/mol. The summed E-state index contributed by atoms with van der Waals surface area (Å²) in [6, 6.07) is 1.35. The number of hydrogen-bond acceptors (Lipinski definition) is 4. The van der Waals surface area contributed by atoms with Crippen LogP contribution in [0.2, 0.25) is 0 Å². The van der Waals surface area contributed by atoms with Gasteiger partial charge >= 0.3 is 5.97 Å². The molecule has 1 saturated heterocycles. The Hall–Kier alpha value is -2.31. The number of carboxylic acids is 1. The Kier molecular flexibility index (Phi) is 3.55. The third-order valence-corrected chi connectivity index (χ3v) is 2.99. The van der Waals surface area contributed by atoms with Gasteiger partial charge in [0.25, 0.3) is 0 Å². The van der Waals surface area contributed by atoms with Crippen LogP contribution in [0.5, 0.6) is 0 Å². The van der Waals surface area contributed by atoms with Crippen LogP contribution in [-0.2, 0) is 16.1 Å². The molecule has 102 valence electrons. The van der Waals surface area contributed by atoms with Crippen LogP contribution < -0.4 is 0 Å². The highest BCUT2D eigenvalue weighted by Crippen LogP contribution is 2.13. The molecule has 2 heterocycles. The number of hydrogen-bond donors (Lipinski definition) is 1. The second-order valence-electron chi connectivity index (χ2n) is 4.26. The number of amides is 2. The lowest BCUT2D eigenvalue weighted by Gasteiger charge is -2.32. The lowest BCUT2D eigenvalue weighted by atomic mass is 10.2. The van der Waals surface area contributed by atoms with Crippen LogP contribution in [0.3, 0.4) is 0 Å². The molecule has 0 bridgehead atoms. The molecule has 0 unspecified atom stereocenters. The SMILES string of the molecule is CCN1CC(=O)N(Cc2cc(C(=O)O)co2)CC1=O. The van der Waals surface area contributed by atoms with Crippen molar-refractivity contribution in [2.75, 3.05) is 19.6 Å². The highest BCUT2D eigenvalue weighted by Gasteiger charge is 2.29. The topological polar surface area (TPSA) is 91.1 Å². The van der Waals surface area contributed by atoms with Gasteiger partial charge in [-0.2, -0.15) is 0 Å². The van der Waals surface area contributed by atoms with E-state index in [0.717, 1.165) is 6.26 Å². The van der Waals surface area contributed by atoms with E-state index >= 15 is 0 Å². The third kappa shape index (κ3) is 2.75. The van der Waals surface area contributed by atoms with Crippen LogP contribution in [0.25, 0.3) is 0 Å². The summed E-state index contributed by atoms with van der Waals surface area (Å²) in [5.74, 6) is -1.03. The molecule has 1 fully saturated rings. The molecule has 0 saturated carbocycles. The summed E-state index contributed by atoms with van der Waals surface area (Å²) in [5.41, 5.74) is 0.0287. The number of carbonyl (C=O) groups is 3. The van der Waals surface area contributed by atoms with Crippen LogP contribution >= 0.6 is 0 Å².